The van der Waals surface area contributed by atoms with Crippen molar-refractivity contribution < 1.29 is 17.7 Å². The Morgan fingerprint density at radius 3 is 2.56 bits per heavy atom. The molecule has 1 N–H and O–H groups in total. The van der Waals surface area contributed by atoms with Crippen molar-refractivity contribution in [2.45, 2.75) is 31.3 Å². The molecule has 0 amide bonds. The first-order valence-electron chi connectivity index (χ1n) is 4.94. The summed E-state index contributed by atoms with van der Waals surface area (Å²) < 4.78 is 36.0. The number of hydrogen-bond donors (Lipinski definition) is 1. The number of methoxy groups -OCH3 is 1. The lowest BCUT2D eigenvalue weighted by molar-refractivity contribution is 0.118. The second-order valence-corrected chi connectivity index (χ2v) is 5.24. The molecule has 4 nitrogen and oxygen atoms in total. The summed E-state index contributed by atoms with van der Waals surface area (Å²) in [7, 11) is -2.52. The predicted molar refractivity (Wildman–Crippen MR) is 61.2 cm³/mol. The summed E-state index contributed by atoms with van der Waals surface area (Å²) in [5, 5.41) is 0. The van der Waals surface area contributed by atoms with E-state index in [-0.39, 0.29) is 11.0 Å². The minimum absolute atomic E-state index is 0.00958. The fourth-order valence-corrected chi connectivity index (χ4v) is 1.95. The monoisotopic (exact) mass is 244 g/mol. The van der Waals surface area contributed by atoms with Gasteiger partial charge in [-0.25, -0.2) is 0 Å². The zero-order valence-corrected chi connectivity index (χ0v) is 10.4. The van der Waals surface area contributed by atoms with E-state index in [9.17, 15) is 8.42 Å². The second kappa shape index (κ2) is 4.95. The van der Waals surface area contributed by atoms with E-state index < -0.39 is 10.1 Å². The molecule has 0 aromatic heterocycles. The standard InChI is InChI=1S/C11H16O4S/c1-8-4-5-11(16(12,13)14)7-10(8)6-9(2)15-3/h4-5,7,9H,6H2,1-3H3,(H,12,13,14)/t9-/m0/s1. The Balaban J connectivity index is 3.09. The zero-order chi connectivity index (χ0) is 12.3. The maximum absolute atomic E-state index is 11.0. The molecular weight excluding hydrogens is 228 g/mol. The van der Waals surface area contributed by atoms with E-state index in [1.54, 1.807) is 13.2 Å². The van der Waals surface area contributed by atoms with Crippen molar-refractivity contribution in [1.29, 1.82) is 0 Å². The van der Waals surface area contributed by atoms with E-state index in [1.165, 1.54) is 12.1 Å². The van der Waals surface area contributed by atoms with Crippen LogP contribution in [0, 0.1) is 6.92 Å². The van der Waals surface area contributed by atoms with Crippen molar-refractivity contribution in [3.8, 4) is 0 Å². The molecule has 0 radical (unpaired) electrons. The van der Waals surface area contributed by atoms with Crippen molar-refractivity contribution in [2.75, 3.05) is 7.11 Å². The van der Waals surface area contributed by atoms with Gasteiger partial charge >= 0.3 is 0 Å². The van der Waals surface area contributed by atoms with Crippen LogP contribution in [0.4, 0.5) is 0 Å². The molecule has 1 rings (SSSR count). The third-order valence-corrected chi connectivity index (χ3v) is 3.38. The van der Waals surface area contributed by atoms with E-state index in [0.717, 1.165) is 11.1 Å². The van der Waals surface area contributed by atoms with Gasteiger partial charge in [0.2, 0.25) is 0 Å². The average molecular weight is 244 g/mol. The van der Waals surface area contributed by atoms with Gasteiger partial charge in [-0.3, -0.25) is 4.55 Å². The first kappa shape index (κ1) is 13.2. The molecule has 16 heavy (non-hydrogen) atoms. The second-order valence-electron chi connectivity index (χ2n) is 3.81. The third-order valence-electron chi connectivity index (χ3n) is 2.53. The molecule has 1 atom stereocenters. The molecular formula is C11H16O4S. The van der Waals surface area contributed by atoms with Crippen molar-refractivity contribution in [1.82, 2.24) is 0 Å². The number of ether oxygens (including phenoxy) is 1. The molecule has 1 aromatic rings. The molecule has 0 saturated heterocycles. The molecule has 0 spiro atoms. The summed E-state index contributed by atoms with van der Waals surface area (Å²) in [5.74, 6) is 0. The molecule has 0 heterocycles. The van der Waals surface area contributed by atoms with Gasteiger partial charge in [0.15, 0.2) is 0 Å². The number of benzene rings is 1. The minimum Gasteiger partial charge on any atom is -0.381 e. The van der Waals surface area contributed by atoms with Gasteiger partial charge in [0, 0.05) is 7.11 Å². The van der Waals surface area contributed by atoms with Crippen LogP contribution >= 0.6 is 0 Å². The van der Waals surface area contributed by atoms with Crippen LogP contribution in [0.3, 0.4) is 0 Å². The Hall–Kier alpha value is -0.910. The molecule has 0 aliphatic heterocycles. The quantitative estimate of drug-likeness (QED) is 0.820. The van der Waals surface area contributed by atoms with Crippen LogP contribution in [-0.4, -0.2) is 26.2 Å². The van der Waals surface area contributed by atoms with Crippen LogP contribution in [0.15, 0.2) is 23.1 Å². The molecule has 5 heteroatoms. The Labute approximate surface area is 96.0 Å². The van der Waals surface area contributed by atoms with Crippen molar-refractivity contribution in [3.05, 3.63) is 29.3 Å². The van der Waals surface area contributed by atoms with Crippen LogP contribution in [0.1, 0.15) is 18.1 Å². The van der Waals surface area contributed by atoms with Crippen molar-refractivity contribution in [3.63, 3.8) is 0 Å². The Morgan fingerprint density at radius 1 is 1.44 bits per heavy atom. The maximum atomic E-state index is 11.0. The highest BCUT2D eigenvalue weighted by Crippen LogP contribution is 2.17. The van der Waals surface area contributed by atoms with Gasteiger partial charge in [0.25, 0.3) is 10.1 Å². The average Bonchev–Trinajstić information content (AvgIpc) is 2.19. The van der Waals surface area contributed by atoms with Gasteiger partial charge in [-0.1, -0.05) is 6.07 Å². The Morgan fingerprint density at radius 2 is 2.06 bits per heavy atom. The van der Waals surface area contributed by atoms with Gasteiger partial charge in [0.05, 0.1) is 11.0 Å². The van der Waals surface area contributed by atoms with E-state index in [0.29, 0.717) is 6.42 Å². The van der Waals surface area contributed by atoms with Crippen LogP contribution in [0.25, 0.3) is 0 Å². The minimum atomic E-state index is -4.13. The predicted octanol–water partition coefficient (Wildman–Crippen LogP) is 1.82. The highest BCUT2D eigenvalue weighted by Gasteiger charge is 2.12. The molecule has 0 fully saturated rings. The largest absolute Gasteiger partial charge is 0.381 e. The van der Waals surface area contributed by atoms with Crippen LogP contribution in [-0.2, 0) is 21.3 Å². The maximum Gasteiger partial charge on any atom is 0.294 e. The summed E-state index contributed by atoms with van der Waals surface area (Å²) in [6, 6.07) is 4.56. The van der Waals surface area contributed by atoms with E-state index >= 15 is 0 Å². The molecule has 0 aliphatic carbocycles. The highest BCUT2D eigenvalue weighted by atomic mass is 32.2. The van der Waals surface area contributed by atoms with Gasteiger partial charge in [-0.15, -0.1) is 0 Å². The van der Waals surface area contributed by atoms with Crippen LogP contribution in [0.5, 0.6) is 0 Å². The first-order valence-corrected chi connectivity index (χ1v) is 6.38. The summed E-state index contributed by atoms with van der Waals surface area (Å²) in [6.45, 7) is 3.80. The zero-order valence-electron chi connectivity index (χ0n) is 9.60. The first-order chi connectivity index (χ1) is 7.34. The number of hydrogen-bond acceptors (Lipinski definition) is 3. The topological polar surface area (TPSA) is 63.6 Å². The van der Waals surface area contributed by atoms with Crippen LogP contribution < -0.4 is 0 Å². The van der Waals surface area contributed by atoms with E-state index in [1.807, 2.05) is 13.8 Å². The Kier molecular flexibility index (Phi) is 4.07. The molecule has 0 saturated carbocycles. The summed E-state index contributed by atoms with van der Waals surface area (Å²) in [6.07, 6.45) is 0.626. The fraction of sp³-hybridized carbons (Fsp3) is 0.455. The summed E-state index contributed by atoms with van der Waals surface area (Å²) in [5.41, 5.74) is 1.85. The van der Waals surface area contributed by atoms with Gasteiger partial charge in [0.1, 0.15) is 0 Å². The lowest BCUT2D eigenvalue weighted by Gasteiger charge is -2.12. The van der Waals surface area contributed by atoms with E-state index in [2.05, 4.69) is 0 Å². The molecule has 90 valence electrons. The molecule has 0 unspecified atom stereocenters. The summed E-state index contributed by atoms with van der Waals surface area (Å²) in [4.78, 5) is -0.0728. The Bertz CT molecular complexity index is 465. The SMILES string of the molecule is CO[C@@H](C)Cc1cc(S(=O)(=O)O)ccc1C. The molecule has 1 aromatic carbocycles. The third kappa shape index (κ3) is 3.30. The lowest BCUT2D eigenvalue weighted by Crippen LogP contribution is -2.10. The van der Waals surface area contributed by atoms with Crippen molar-refractivity contribution in [2.24, 2.45) is 0 Å². The van der Waals surface area contributed by atoms with E-state index in [4.69, 9.17) is 9.29 Å². The number of aryl methyl sites for hydroxylation is 1. The van der Waals surface area contributed by atoms with Crippen LogP contribution in [0.2, 0.25) is 0 Å². The smallest absolute Gasteiger partial charge is 0.294 e. The van der Waals surface area contributed by atoms with Crippen molar-refractivity contribution >= 4 is 10.1 Å². The van der Waals surface area contributed by atoms with Gasteiger partial charge < -0.3 is 4.74 Å². The normalized spacial score (nSPS) is 13.8. The fourth-order valence-electron chi connectivity index (χ4n) is 1.42. The molecule has 0 aliphatic rings. The summed E-state index contributed by atoms with van der Waals surface area (Å²) >= 11 is 0. The number of rotatable bonds is 4. The lowest BCUT2D eigenvalue weighted by atomic mass is 10.0. The van der Waals surface area contributed by atoms with Gasteiger partial charge in [-0.05, 0) is 43.5 Å². The van der Waals surface area contributed by atoms with Gasteiger partial charge in [-0.2, -0.15) is 8.42 Å². The highest BCUT2D eigenvalue weighted by molar-refractivity contribution is 7.85. The molecule has 0 bridgehead atoms.